The van der Waals surface area contributed by atoms with Crippen LogP contribution in [0.15, 0.2) is 54.7 Å². The fourth-order valence-corrected chi connectivity index (χ4v) is 3.79. The Labute approximate surface area is 167 Å². The van der Waals surface area contributed by atoms with Gasteiger partial charge in [-0.05, 0) is 37.1 Å². The molecule has 1 saturated heterocycles. The van der Waals surface area contributed by atoms with Gasteiger partial charge in [0.25, 0.3) is 0 Å². The number of rotatable bonds is 8. The van der Waals surface area contributed by atoms with E-state index in [1.807, 2.05) is 41.3 Å². The van der Waals surface area contributed by atoms with E-state index in [1.54, 1.807) is 6.20 Å². The Morgan fingerprint density at radius 2 is 2.04 bits per heavy atom. The van der Waals surface area contributed by atoms with Crippen LogP contribution in [0.4, 0.5) is 0 Å². The topological polar surface area (TPSA) is 60.2 Å². The van der Waals surface area contributed by atoms with Gasteiger partial charge in [-0.3, -0.25) is 9.78 Å². The Kier molecular flexibility index (Phi) is 7.57. The van der Waals surface area contributed by atoms with E-state index in [9.17, 15) is 4.79 Å². The number of piperidine rings is 1. The lowest BCUT2D eigenvalue weighted by Crippen LogP contribution is -2.45. The fourth-order valence-electron chi connectivity index (χ4n) is 3.79. The first kappa shape index (κ1) is 20.0. The number of nitriles is 1. The van der Waals surface area contributed by atoms with Crippen LogP contribution in [0, 0.1) is 17.2 Å². The summed E-state index contributed by atoms with van der Waals surface area (Å²) in [6, 6.07) is 18.3. The lowest BCUT2D eigenvalue weighted by Gasteiger charge is -2.34. The molecule has 0 aliphatic carbocycles. The molecule has 1 aromatic carbocycles. The van der Waals surface area contributed by atoms with E-state index in [2.05, 4.69) is 28.1 Å². The second kappa shape index (κ2) is 10.6. The van der Waals surface area contributed by atoms with Gasteiger partial charge in [-0.15, -0.1) is 0 Å². The molecule has 1 aromatic heterocycles. The molecule has 2 aromatic rings. The molecule has 1 unspecified atom stereocenters. The highest BCUT2D eigenvalue weighted by Gasteiger charge is 2.29. The highest BCUT2D eigenvalue weighted by molar-refractivity contribution is 5.79. The average molecular weight is 377 g/mol. The van der Waals surface area contributed by atoms with Crippen molar-refractivity contribution in [1.29, 1.82) is 5.26 Å². The van der Waals surface area contributed by atoms with Crippen molar-refractivity contribution >= 4 is 5.91 Å². The quantitative estimate of drug-likeness (QED) is 0.709. The van der Waals surface area contributed by atoms with Crippen LogP contribution in [0.2, 0.25) is 0 Å². The summed E-state index contributed by atoms with van der Waals surface area (Å²) in [5.74, 6) is 0.237. The van der Waals surface area contributed by atoms with E-state index in [0.717, 1.165) is 50.2 Å². The van der Waals surface area contributed by atoms with E-state index in [1.165, 1.54) is 0 Å². The number of pyridine rings is 1. The number of likely N-dealkylation sites (tertiary alicyclic amines) is 1. The van der Waals surface area contributed by atoms with Gasteiger partial charge in [-0.25, -0.2) is 0 Å². The van der Waals surface area contributed by atoms with E-state index in [-0.39, 0.29) is 11.8 Å². The molecule has 5 heteroatoms. The highest BCUT2D eigenvalue weighted by Crippen LogP contribution is 2.20. The molecule has 0 bridgehead atoms. The molecular weight excluding hydrogens is 348 g/mol. The van der Waals surface area contributed by atoms with Crippen molar-refractivity contribution in [3.05, 3.63) is 66.0 Å². The standard InChI is InChI=1S/C23H28N4O/c24-13-7-16-26-15-6-10-21(19-26)23(28)27(18-20-8-2-1-3-9-20)17-12-22-11-4-5-14-25-22/h1-5,8-9,11,14,21H,6-7,10,12,15-19H2. The molecule has 1 atom stereocenters. The maximum atomic E-state index is 13.4. The van der Waals surface area contributed by atoms with E-state index >= 15 is 0 Å². The first-order valence-corrected chi connectivity index (χ1v) is 10.1. The number of hydrogen-bond acceptors (Lipinski definition) is 4. The lowest BCUT2D eigenvalue weighted by atomic mass is 9.96. The summed E-state index contributed by atoms with van der Waals surface area (Å²) >= 11 is 0. The number of hydrogen-bond donors (Lipinski definition) is 0. The Balaban J connectivity index is 1.67. The first-order valence-electron chi connectivity index (χ1n) is 10.1. The number of aromatic nitrogens is 1. The Bertz CT molecular complexity index is 772. The second-order valence-corrected chi connectivity index (χ2v) is 7.36. The fraction of sp³-hybridized carbons (Fsp3) is 0.435. The summed E-state index contributed by atoms with van der Waals surface area (Å²) in [6.07, 6.45) is 5.02. The monoisotopic (exact) mass is 376 g/mol. The molecule has 0 N–H and O–H groups in total. The molecular formula is C23H28N4O. The minimum absolute atomic E-state index is 0.0138. The maximum absolute atomic E-state index is 13.4. The molecule has 1 aliphatic heterocycles. The van der Waals surface area contributed by atoms with Crippen molar-refractivity contribution in [3.8, 4) is 6.07 Å². The average Bonchev–Trinajstić information content (AvgIpc) is 2.76. The van der Waals surface area contributed by atoms with Crippen LogP contribution < -0.4 is 0 Å². The Morgan fingerprint density at radius 3 is 2.79 bits per heavy atom. The summed E-state index contributed by atoms with van der Waals surface area (Å²) in [7, 11) is 0. The predicted molar refractivity (Wildman–Crippen MR) is 109 cm³/mol. The normalized spacial score (nSPS) is 17.0. The molecule has 1 aliphatic rings. The molecule has 146 valence electrons. The van der Waals surface area contributed by atoms with Gasteiger partial charge in [0.1, 0.15) is 0 Å². The van der Waals surface area contributed by atoms with Crippen LogP contribution in [0.3, 0.4) is 0 Å². The second-order valence-electron chi connectivity index (χ2n) is 7.36. The van der Waals surface area contributed by atoms with Gasteiger partial charge >= 0.3 is 0 Å². The minimum Gasteiger partial charge on any atom is -0.338 e. The number of carbonyl (C=O) groups is 1. The van der Waals surface area contributed by atoms with Gasteiger partial charge in [0, 0.05) is 50.9 Å². The van der Waals surface area contributed by atoms with Crippen LogP contribution in [-0.2, 0) is 17.8 Å². The summed E-state index contributed by atoms with van der Waals surface area (Å²) in [6.45, 7) is 3.79. The van der Waals surface area contributed by atoms with Crippen LogP contribution >= 0.6 is 0 Å². The van der Waals surface area contributed by atoms with Crippen LogP contribution in [-0.4, -0.2) is 46.9 Å². The van der Waals surface area contributed by atoms with Crippen molar-refractivity contribution < 1.29 is 4.79 Å². The highest BCUT2D eigenvalue weighted by atomic mass is 16.2. The molecule has 5 nitrogen and oxygen atoms in total. The third-order valence-corrected chi connectivity index (χ3v) is 5.29. The number of amides is 1. The zero-order valence-corrected chi connectivity index (χ0v) is 16.3. The number of carbonyl (C=O) groups excluding carboxylic acids is 1. The van der Waals surface area contributed by atoms with Crippen LogP contribution in [0.5, 0.6) is 0 Å². The lowest BCUT2D eigenvalue weighted by molar-refractivity contribution is -0.138. The molecule has 1 amide bonds. The van der Waals surface area contributed by atoms with Gasteiger partial charge in [0.15, 0.2) is 0 Å². The molecule has 1 fully saturated rings. The van der Waals surface area contributed by atoms with Gasteiger partial charge in [0.05, 0.1) is 12.0 Å². The molecule has 0 radical (unpaired) electrons. The van der Waals surface area contributed by atoms with Gasteiger partial charge < -0.3 is 9.80 Å². The summed E-state index contributed by atoms with van der Waals surface area (Å²) in [5, 5.41) is 8.84. The molecule has 3 rings (SSSR count). The van der Waals surface area contributed by atoms with E-state index in [4.69, 9.17) is 5.26 Å². The van der Waals surface area contributed by atoms with Gasteiger partial charge in [-0.2, -0.15) is 5.26 Å². The predicted octanol–water partition coefficient (Wildman–Crippen LogP) is 3.28. The number of benzene rings is 1. The van der Waals surface area contributed by atoms with E-state index in [0.29, 0.717) is 19.5 Å². The first-order chi connectivity index (χ1) is 13.8. The third kappa shape index (κ3) is 5.90. The molecule has 0 saturated carbocycles. The SMILES string of the molecule is N#CCCN1CCCC(C(=O)N(CCc2ccccn2)Cc2ccccc2)C1. The van der Waals surface area contributed by atoms with Crippen molar-refractivity contribution in [2.75, 3.05) is 26.2 Å². The third-order valence-electron chi connectivity index (χ3n) is 5.29. The van der Waals surface area contributed by atoms with Crippen molar-refractivity contribution in [1.82, 2.24) is 14.8 Å². The Morgan fingerprint density at radius 1 is 1.21 bits per heavy atom. The molecule has 28 heavy (non-hydrogen) atoms. The van der Waals surface area contributed by atoms with Gasteiger partial charge in [-0.1, -0.05) is 36.4 Å². The van der Waals surface area contributed by atoms with Crippen molar-refractivity contribution in [3.63, 3.8) is 0 Å². The maximum Gasteiger partial charge on any atom is 0.227 e. The van der Waals surface area contributed by atoms with Gasteiger partial charge in [0.2, 0.25) is 5.91 Å². The van der Waals surface area contributed by atoms with E-state index < -0.39 is 0 Å². The van der Waals surface area contributed by atoms with Crippen LogP contribution in [0.25, 0.3) is 0 Å². The summed E-state index contributed by atoms with van der Waals surface area (Å²) in [4.78, 5) is 22.0. The largest absolute Gasteiger partial charge is 0.338 e. The summed E-state index contributed by atoms with van der Waals surface area (Å²) < 4.78 is 0. The smallest absolute Gasteiger partial charge is 0.227 e. The van der Waals surface area contributed by atoms with Crippen LogP contribution in [0.1, 0.15) is 30.5 Å². The molecule has 0 spiro atoms. The van der Waals surface area contributed by atoms with Crippen molar-refractivity contribution in [2.24, 2.45) is 5.92 Å². The van der Waals surface area contributed by atoms with Crippen molar-refractivity contribution in [2.45, 2.75) is 32.2 Å². The zero-order chi connectivity index (χ0) is 19.6. The minimum atomic E-state index is 0.0138. The number of nitrogens with zero attached hydrogens (tertiary/aromatic N) is 4. The zero-order valence-electron chi connectivity index (χ0n) is 16.3. The summed E-state index contributed by atoms with van der Waals surface area (Å²) in [5.41, 5.74) is 2.15. The Hall–Kier alpha value is -2.71. The molecule has 2 heterocycles.